The van der Waals surface area contributed by atoms with Gasteiger partial charge in [0.1, 0.15) is 5.82 Å². The van der Waals surface area contributed by atoms with Crippen LogP contribution in [-0.4, -0.2) is 44.2 Å². The summed E-state index contributed by atoms with van der Waals surface area (Å²) in [7, 11) is 2.15. The zero-order chi connectivity index (χ0) is 14.5. The van der Waals surface area contributed by atoms with Crippen molar-refractivity contribution in [2.75, 3.05) is 38.1 Å². The number of anilines is 1. The molecule has 4 heteroatoms. The standard InChI is InChI=1S/C16H26FN3/c1-4-14-12-20(9-8-19(14)3)16-7-6-13(10-15(16)17)11-18-5-2/h6-7,10,14,18H,4-5,8-9,11-12H2,1-3H3. The summed E-state index contributed by atoms with van der Waals surface area (Å²) in [5.41, 5.74) is 1.76. The summed E-state index contributed by atoms with van der Waals surface area (Å²) in [6, 6.07) is 6.14. The number of benzene rings is 1. The molecule has 1 aromatic carbocycles. The van der Waals surface area contributed by atoms with Gasteiger partial charge in [-0.25, -0.2) is 4.39 Å². The van der Waals surface area contributed by atoms with Crippen molar-refractivity contribution in [1.82, 2.24) is 10.2 Å². The van der Waals surface area contributed by atoms with Gasteiger partial charge in [0.05, 0.1) is 5.69 Å². The van der Waals surface area contributed by atoms with Gasteiger partial charge in [-0.15, -0.1) is 0 Å². The molecule has 0 saturated carbocycles. The molecule has 1 fully saturated rings. The molecule has 1 unspecified atom stereocenters. The first kappa shape index (κ1) is 15.3. The number of halogens is 1. The maximum atomic E-state index is 14.3. The fourth-order valence-electron chi connectivity index (χ4n) is 2.79. The van der Waals surface area contributed by atoms with Gasteiger partial charge in [-0.1, -0.05) is 19.9 Å². The Bertz CT molecular complexity index is 436. The van der Waals surface area contributed by atoms with Crippen molar-refractivity contribution in [1.29, 1.82) is 0 Å². The predicted molar refractivity (Wildman–Crippen MR) is 82.7 cm³/mol. The molecular formula is C16H26FN3. The molecule has 0 spiro atoms. The van der Waals surface area contributed by atoms with Crippen LogP contribution in [-0.2, 0) is 6.54 Å². The summed E-state index contributed by atoms with van der Waals surface area (Å²) in [6.45, 7) is 8.69. The quantitative estimate of drug-likeness (QED) is 0.893. The van der Waals surface area contributed by atoms with Crippen LogP contribution in [0.1, 0.15) is 25.8 Å². The highest BCUT2D eigenvalue weighted by Crippen LogP contribution is 2.24. The minimum absolute atomic E-state index is 0.0974. The zero-order valence-electron chi connectivity index (χ0n) is 12.8. The first-order valence-electron chi connectivity index (χ1n) is 7.60. The fraction of sp³-hybridized carbons (Fsp3) is 0.625. The van der Waals surface area contributed by atoms with E-state index in [-0.39, 0.29) is 5.82 Å². The van der Waals surface area contributed by atoms with E-state index in [0.29, 0.717) is 6.04 Å². The van der Waals surface area contributed by atoms with Crippen LogP contribution in [0.25, 0.3) is 0 Å². The van der Waals surface area contributed by atoms with E-state index in [1.54, 1.807) is 6.07 Å². The summed E-state index contributed by atoms with van der Waals surface area (Å²) in [5, 5.41) is 3.23. The summed E-state index contributed by atoms with van der Waals surface area (Å²) in [4.78, 5) is 4.55. The van der Waals surface area contributed by atoms with E-state index in [2.05, 4.69) is 36.0 Å². The number of piperazine rings is 1. The molecule has 0 aromatic heterocycles. The van der Waals surface area contributed by atoms with E-state index < -0.39 is 0 Å². The fourth-order valence-corrected chi connectivity index (χ4v) is 2.79. The van der Waals surface area contributed by atoms with Crippen LogP contribution in [0.3, 0.4) is 0 Å². The van der Waals surface area contributed by atoms with Gasteiger partial charge in [-0.2, -0.15) is 0 Å². The molecule has 1 aliphatic heterocycles. The molecule has 3 nitrogen and oxygen atoms in total. The third-order valence-corrected chi connectivity index (χ3v) is 4.18. The van der Waals surface area contributed by atoms with Crippen LogP contribution in [0.15, 0.2) is 18.2 Å². The van der Waals surface area contributed by atoms with E-state index in [4.69, 9.17) is 0 Å². The summed E-state index contributed by atoms with van der Waals surface area (Å²) in [6.07, 6.45) is 1.10. The predicted octanol–water partition coefficient (Wildman–Crippen LogP) is 2.47. The van der Waals surface area contributed by atoms with Crippen molar-refractivity contribution in [2.45, 2.75) is 32.9 Å². The van der Waals surface area contributed by atoms with Crippen LogP contribution in [0.2, 0.25) is 0 Å². The maximum Gasteiger partial charge on any atom is 0.146 e. The molecule has 0 amide bonds. The Morgan fingerprint density at radius 2 is 2.10 bits per heavy atom. The monoisotopic (exact) mass is 279 g/mol. The molecule has 0 aliphatic carbocycles. The first-order chi connectivity index (χ1) is 9.65. The Hall–Kier alpha value is -1.13. The minimum Gasteiger partial charge on any atom is -0.366 e. The Morgan fingerprint density at radius 3 is 2.75 bits per heavy atom. The van der Waals surface area contributed by atoms with E-state index in [9.17, 15) is 4.39 Å². The number of nitrogens with one attached hydrogen (secondary N) is 1. The molecular weight excluding hydrogens is 253 g/mol. The van der Waals surface area contributed by atoms with Gasteiger partial charge >= 0.3 is 0 Å². The largest absolute Gasteiger partial charge is 0.366 e. The lowest BCUT2D eigenvalue weighted by Crippen LogP contribution is -2.51. The molecule has 0 radical (unpaired) electrons. The SMILES string of the molecule is CCNCc1ccc(N2CCN(C)C(CC)C2)c(F)c1. The molecule has 1 saturated heterocycles. The van der Waals surface area contributed by atoms with Crippen molar-refractivity contribution in [2.24, 2.45) is 0 Å². The Kier molecular flexibility index (Phi) is 5.38. The average Bonchev–Trinajstić information content (AvgIpc) is 2.46. The first-order valence-corrected chi connectivity index (χ1v) is 7.60. The molecule has 1 heterocycles. The Labute approximate surface area is 121 Å². The van der Waals surface area contributed by atoms with E-state index >= 15 is 0 Å². The normalized spacial score (nSPS) is 20.4. The molecule has 20 heavy (non-hydrogen) atoms. The third-order valence-electron chi connectivity index (χ3n) is 4.18. The van der Waals surface area contributed by atoms with Gasteiger partial charge in [0.15, 0.2) is 0 Å². The summed E-state index contributed by atoms with van der Waals surface area (Å²) in [5.74, 6) is -0.0974. The van der Waals surface area contributed by atoms with E-state index in [1.165, 1.54) is 0 Å². The van der Waals surface area contributed by atoms with Crippen molar-refractivity contribution < 1.29 is 4.39 Å². The number of hydrogen-bond acceptors (Lipinski definition) is 3. The molecule has 1 aliphatic rings. The van der Waals surface area contributed by atoms with Crippen LogP contribution in [0, 0.1) is 5.82 Å². The van der Waals surface area contributed by atoms with Crippen molar-refractivity contribution in [3.05, 3.63) is 29.6 Å². The number of rotatable bonds is 5. The average molecular weight is 279 g/mol. The molecule has 112 valence electrons. The molecule has 1 aromatic rings. The lowest BCUT2D eigenvalue weighted by Gasteiger charge is -2.40. The number of nitrogens with zero attached hydrogens (tertiary/aromatic N) is 2. The van der Waals surface area contributed by atoms with Gasteiger partial charge in [-0.05, 0) is 37.7 Å². The lowest BCUT2D eigenvalue weighted by molar-refractivity contribution is 0.213. The van der Waals surface area contributed by atoms with Crippen LogP contribution >= 0.6 is 0 Å². The van der Waals surface area contributed by atoms with Crippen LogP contribution in [0.5, 0.6) is 0 Å². The second-order valence-electron chi connectivity index (χ2n) is 5.55. The van der Waals surface area contributed by atoms with Crippen LogP contribution in [0.4, 0.5) is 10.1 Å². The Balaban J connectivity index is 2.08. The van der Waals surface area contributed by atoms with Crippen LogP contribution < -0.4 is 10.2 Å². The van der Waals surface area contributed by atoms with E-state index in [1.807, 2.05) is 12.1 Å². The van der Waals surface area contributed by atoms with Gasteiger partial charge < -0.3 is 10.2 Å². The minimum atomic E-state index is -0.0974. The highest BCUT2D eigenvalue weighted by Gasteiger charge is 2.24. The highest BCUT2D eigenvalue weighted by molar-refractivity contribution is 5.50. The van der Waals surface area contributed by atoms with Crippen molar-refractivity contribution >= 4 is 5.69 Å². The zero-order valence-corrected chi connectivity index (χ0v) is 12.8. The van der Waals surface area contributed by atoms with Gasteiger partial charge in [0.25, 0.3) is 0 Å². The number of hydrogen-bond donors (Lipinski definition) is 1. The second-order valence-corrected chi connectivity index (χ2v) is 5.55. The highest BCUT2D eigenvalue weighted by atomic mass is 19.1. The number of likely N-dealkylation sites (N-methyl/N-ethyl adjacent to an activating group) is 1. The van der Waals surface area contributed by atoms with Crippen molar-refractivity contribution in [3.63, 3.8) is 0 Å². The summed E-state index contributed by atoms with van der Waals surface area (Å²) >= 11 is 0. The van der Waals surface area contributed by atoms with Gasteiger partial charge in [-0.3, -0.25) is 4.90 Å². The topological polar surface area (TPSA) is 18.5 Å². The molecule has 0 bridgehead atoms. The summed E-state index contributed by atoms with van der Waals surface area (Å²) < 4.78 is 14.3. The third kappa shape index (κ3) is 3.49. The van der Waals surface area contributed by atoms with Crippen molar-refractivity contribution in [3.8, 4) is 0 Å². The maximum absolute atomic E-state index is 14.3. The molecule has 1 N–H and O–H groups in total. The van der Waals surface area contributed by atoms with Gasteiger partial charge in [0, 0.05) is 32.2 Å². The van der Waals surface area contributed by atoms with Gasteiger partial charge in [0.2, 0.25) is 0 Å². The molecule has 1 atom stereocenters. The second kappa shape index (κ2) is 7.04. The molecule has 2 rings (SSSR count). The van der Waals surface area contributed by atoms with E-state index in [0.717, 1.165) is 50.4 Å². The smallest absolute Gasteiger partial charge is 0.146 e. The Morgan fingerprint density at radius 1 is 1.30 bits per heavy atom. The lowest BCUT2D eigenvalue weighted by atomic mass is 10.1.